The van der Waals surface area contributed by atoms with E-state index in [1.54, 1.807) is 0 Å². The monoisotopic (exact) mass is 312 g/mol. The quantitative estimate of drug-likeness (QED) is 0.674. The number of rotatable bonds is 3. The Morgan fingerprint density at radius 1 is 1.38 bits per heavy atom. The Morgan fingerprint density at radius 2 is 2.05 bits per heavy atom. The van der Waals surface area contributed by atoms with Crippen LogP contribution in [-0.2, 0) is 14.8 Å². The molecule has 116 valence electrons. The zero-order valence-electron chi connectivity index (χ0n) is 12.4. The van der Waals surface area contributed by atoms with Crippen molar-refractivity contribution in [2.45, 2.75) is 31.2 Å². The Bertz CT molecular complexity index is 657. The number of nitrogen functional groups attached to an aromatic ring is 1. The van der Waals surface area contributed by atoms with E-state index in [1.165, 1.54) is 29.6 Å². The third kappa shape index (κ3) is 2.89. The van der Waals surface area contributed by atoms with Crippen molar-refractivity contribution in [3.8, 4) is 0 Å². The molecule has 0 radical (unpaired) electrons. The first-order chi connectivity index (χ1) is 9.77. The molecule has 1 heterocycles. The number of methoxy groups -OCH3 is 1. The normalized spacial score (nSPS) is 23.2. The topological polar surface area (TPSA) is 89.7 Å². The van der Waals surface area contributed by atoms with Crippen LogP contribution in [0.4, 0.5) is 5.69 Å². The van der Waals surface area contributed by atoms with Gasteiger partial charge in [0.25, 0.3) is 0 Å². The first-order valence-electron chi connectivity index (χ1n) is 6.77. The molecule has 1 fully saturated rings. The summed E-state index contributed by atoms with van der Waals surface area (Å²) >= 11 is 0. The van der Waals surface area contributed by atoms with Crippen LogP contribution in [0.5, 0.6) is 0 Å². The van der Waals surface area contributed by atoms with Crippen molar-refractivity contribution in [2.75, 3.05) is 19.4 Å². The molecule has 7 heteroatoms. The molecule has 2 rings (SSSR count). The molecule has 6 nitrogen and oxygen atoms in total. The van der Waals surface area contributed by atoms with Gasteiger partial charge in [0.15, 0.2) is 0 Å². The summed E-state index contributed by atoms with van der Waals surface area (Å²) in [6.07, 6.45) is 0.807. The highest BCUT2D eigenvalue weighted by atomic mass is 32.2. The van der Waals surface area contributed by atoms with E-state index < -0.39 is 16.0 Å². The van der Waals surface area contributed by atoms with E-state index >= 15 is 0 Å². The maximum absolute atomic E-state index is 12.8. The minimum absolute atomic E-state index is 0.0238. The number of esters is 1. The van der Waals surface area contributed by atoms with Gasteiger partial charge in [-0.05, 0) is 37.5 Å². The van der Waals surface area contributed by atoms with E-state index in [9.17, 15) is 13.2 Å². The summed E-state index contributed by atoms with van der Waals surface area (Å²) in [4.78, 5) is 11.8. The zero-order valence-corrected chi connectivity index (χ0v) is 13.2. The Labute approximate surface area is 124 Å². The number of sulfonamides is 1. The van der Waals surface area contributed by atoms with E-state index in [1.807, 2.05) is 13.8 Å². The molecule has 0 bridgehead atoms. The van der Waals surface area contributed by atoms with E-state index in [-0.39, 0.29) is 16.5 Å². The zero-order chi connectivity index (χ0) is 15.8. The number of anilines is 1. The van der Waals surface area contributed by atoms with Crippen molar-refractivity contribution < 1.29 is 17.9 Å². The van der Waals surface area contributed by atoms with Gasteiger partial charge in [0.05, 0.1) is 17.6 Å². The summed E-state index contributed by atoms with van der Waals surface area (Å²) < 4.78 is 31.7. The second-order valence-corrected chi connectivity index (χ2v) is 7.37. The van der Waals surface area contributed by atoms with Gasteiger partial charge in [-0.15, -0.1) is 0 Å². The molecule has 0 aromatic heterocycles. The average Bonchev–Trinajstić information content (AvgIpc) is 2.77. The molecule has 1 saturated heterocycles. The van der Waals surface area contributed by atoms with Crippen LogP contribution < -0.4 is 5.73 Å². The van der Waals surface area contributed by atoms with Gasteiger partial charge in [-0.1, -0.05) is 6.92 Å². The third-order valence-electron chi connectivity index (χ3n) is 3.72. The number of hydrogen-bond donors (Lipinski definition) is 1. The van der Waals surface area contributed by atoms with Gasteiger partial charge >= 0.3 is 5.97 Å². The Kier molecular flexibility index (Phi) is 4.25. The first kappa shape index (κ1) is 15.8. The summed E-state index contributed by atoms with van der Waals surface area (Å²) in [7, 11) is -2.54. The van der Waals surface area contributed by atoms with Crippen molar-refractivity contribution >= 4 is 21.7 Å². The molecule has 0 amide bonds. The fourth-order valence-corrected chi connectivity index (χ4v) is 4.69. The highest BCUT2D eigenvalue weighted by Crippen LogP contribution is 2.31. The third-order valence-corrected chi connectivity index (χ3v) is 5.76. The molecule has 1 aromatic rings. The maximum atomic E-state index is 12.8. The second kappa shape index (κ2) is 5.65. The molecule has 2 unspecified atom stereocenters. The van der Waals surface area contributed by atoms with Crippen LogP contribution >= 0.6 is 0 Å². The van der Waals surface area contributed by atoms with Crippen LogP contribution in [0.3, 0.4) is 0 Å². The van der Waals surface area contributed by atoms with Crippen LogP contribution in [0.25, 0.3) is 0 Å². The Morgan fingerprint density at radius 3 is 2.57 bits per heavy atom. The lowest BCUT2D eigenvalue weighted by Gasteiger charge is -2.22. The lowest BCUT2D eigenvalue weighted by Crippen LogP contribution is -2.35. The number of benzene rings is 1. The van der Waals surface area contributed by atoms with Gasteiger partial charge in [-0.3, -0.25) is 0 Å². The molecule has 2 N–H and O–H groups in total. The van der Waals surface area contributed by atoms with Crippen molar-refractivity contribution in [1.29, 1.82) is 0 Å². The predicted octanol–water partition coefficient (Wildman–Crippen LogP) is 1.47. The minimum atomic E-state index is -3.75. The van der Waals surface area contributed by atoms with Crippen LogP contribution in [0.1, 0.15) is 30.6 Å². The van der Waals surface area contributed by atoms with Crippen LogP contribution in [-0.4, -0.2) is 38.4 Å². The summed E-state index contributed by atoms with van der Waals surface area (Å²) in [5, 5.41) is 0. The summed E-state index contributed by atoms with van der Waals surface area (Å²) in [5.41, 5.74) is 5.94. The van der Waals surface area contributed by atoms with Crippen molar-refractivity contribution in [2.24, 2.45) is 5.92 Å². The van der Waals surface area contributed by atoms with Crippen molar-refractivity contribution in [3.63, 3.8) is 0 Å². The van der Waals surface area contributed by atoms with Gasteiger partial charge in [0.2, 0.25) is 10.0 Å². The SMILES string of the molecule is COC(=O)c1cc(N)ccc1S(=O)(=O)N1CC(C)CC1C. The largest absolute Gasteiger partial charge is 0.465 e. The second-order valence-electron chi connectivity index (χ2n) is 5.51. The van der Waals surface area contributed by atoms with E-state index in [0.717, 1.165) is 6.42 Å². The smallest absolute Gasteiger partial charge is 0.339 e. The maximum Gasteiger partial charge on any atom is 0.339 e. The number of ether oxygens (including phenoxy) is 1. The number of nitrogens with two attached hydrogens (primary N) is 1. The molecule has 0 spiro atoms. The molecular formula is C14H20N2O4S. The van der Waals surface area contributed by atoms with Gasteiger partial charge in [0, 0.05) is 18.3 Å². The van der Waals surface area contributed by atoms with Gasteiger partial charge in [-0.25, -0.2) is 13.2 Å². The van der Waals surface area contributed by atoms with Gasteiger partial charge in [-0.2, -0.15) is 4.31 Å². The predicted molar refractivity (Wildman–Crippen MR) is 79.3 cm³/mol. The summed E-state index contributed by atoms with van der Waals surface area (Å²) in [6, 6.07) is 4.09. The van der Waals surface area contributed by atoms with Crippen LogP contribution in [0.15, 0.2) is 23.1 Å². The Balaban J connectivity index is 2.52. The number of carbonyl (C=O) groups excluding carboxylic acids is 1. The van der Waals surface area contributed by atoms with Crippen molar-refractivity contribution in [3.05, 3.63) is 23.8 Å². The molecular weight excluding hydrogens is 292 g/mol. The molecule has 1 aliphatic rings. The summed E-state index contributed by atoms with van der Waals surface area (Å²) in [5.74, 6) is -0.411. The molecule has 0 saturated carbocycles. The highest BCUT2D eigenvalue weighted by Gasteiger charge is 2.38. The lowest BCUT2D eigenvalue weighted by atomic mass is 10.1. The molecule has 21 heavy (non-hydrogen) atoms. The average molecular weight is 312 g/mol. The molecule has 1 aromatic carbocycles. The molecule has 0 aliphatic carbocycles. The van der Waals surface area contributed by atoms with E-state index in [4.69, 9.17) is 5.73 Å². The standard InChI is InChI=1S/C14H20N2O4S/c1-9-6-10(2)16(8-9)21(18,19)13-5-4-11(15)7-12(13)14(17)20-3/h4-5,7,9-10H,6,8,15H2,1-3H3. The van der Waals surface area contributed by atoms with E-state index in [0.29, 0.717) is 18.2 Å². The van der Waals surface area contributed by atoms with Gasteiger partial charge in [0.1, 0.15) is 0 Å². The fraction of sp³-hybridized carbons (Fsp3) is 0.500. The number of hydrogen-bond acceptors (Lipinski definition) is 5. The molecule has 2 atom stereocenters. The summed E-state index contributed by atoms with van der Waals surface area (Å²) in [6.45, 7) is 4.33. The van der Waals surface area contributed by atoms with Gasteiger partial charge < -0.3 is 10.5 Å². The number of nitrogens with zero attached hydrogens (tertiary/aromatic N) is 1. The number of carbonyl (C=O) groups is 1. The fourth-order valence-electron chi connectivity index (χ4n) is 2.76. The van der Waals surface area contributed by atoms with Crippen LogP contribution in [0.2, 0.25) is 0 Å². The Hall–Kier alpha value is -1.60. The first-order valence-corrected chi connectivity index (χ1v) is 8.21. The van der Waals surface area contributed by atoms with Crippen LogP contribution in [0, 0.1) is 5.92 Å². The lowest BCUT2D eigenvalue weighted by molar-refractivity contribution is 0.0596. The van der Waals surface area contributed by atoms with Crippen molar-refractivity contribution in [1.82, 2.24) is 4.31 Å². The molecule has 1 aliphatic heterocycles. The van der Waals surface area contributed by atoms with E-state index in [2.05, 4.69) is 4.74 Å². The highest BCUT2D eigenvalue weighted by molar-refractivity contribution is 7.89. The minimum Gasteiger partial charge on any atom is -0.465 e.